The van der Waals surface area contributed by atoms with Crippen molar-refractivity contribution >= 4 is 27.5 Å². The second-order valence-corrected chi connectivity index (χ2v) is 7.40. The molecular formula is C21H20BrN3O3. The first-order chi connectivity index (χ1) is 13.3. The van der Waals surface area contributed by atoms with Crippen LogP contribution in [0.15, 0.2) is 57.8 Å². The van der Waals surface area contributed by atoms with Gasteiger partial charge in [-0.3, -0.25) is 9.59 Å². The van der Waals surface area contributed by atoms with E-state index < -0.39 is 0 Å². The number of rotatable bonds is 5. The number of carbonyl (C=O) groups is 1. The molecule has 1 N–H and O–H groups in total. The maximum atomic E-state index is 12.2. The molecule has 0 spiro atoms. The number of amides is 1. The molecule has 1 amide bonds. The van der Waals surface area contributed by atoms with Crippen LogP contribution in [0.4, 0.5) is 5.69 Å². The van der Waals surface area contributed by atoms with Gasteiger partial charge >= 0.3 is 0 Å². The van der Waals surface area contributed by atoms with Gasteiger partial charge < -0.3 is 10.1 Å². The molecule has 0 saturated heterocycles. The van der Waals surface area contributed by atoms with Gasteiger partial charge in [-0.05, 0) is 67.8 Å². The van der Waals surface area contributed by atoms with Crippen LogP contribution in [0.3, 0.4) is 0 Å². The Labute approximate surface area is 171 Å². The molecule has 0 unspecified atom stereocenters. The number of anilines is 1. The van der Waals surface area contributed by atoms with Crippen LogP contribution >= 0.6 is 15.9 Å². The van der Waals surface area contributed by atoms with Crippen molar-refractivity contribution in [1.82, 2.24) is 9.78 Å². The van der Waals surface area contributed by atoms with Gasteiger partial charge in [0.15, 0.2) is 6.61 Å². The van der Waals surface area contributed by atoms with E-state index in [-0.39, 0.29) is 24.0 Å². The SMILES string of the molecule is Cc1ccc(-n2nc(OCC(=O)Nc3ccc(Br)cc3C)ccc2=O)cc1C. The Morgan fingerprint density at radius 1 is 1.04 bits per heavy atom. The predicted molar refractivity (Wildman–Crippen MR) is 112 cm³/mol. The fourth-order valence-electron chi connectivity index (χ4n) is 2.61. The zero-order valence-corrected chi connectivity index (χ0v) is 17.4. The number of carbonyl (C=O) groups excluding carboxylic acids is 1. The third-order valence-corrected chi connectivity index (χ3v) is 4.82. The van der Waals surface area contributed by atoms with E-state index in [1.807, 2.05) is 57.2 Å². The molecule has 7 heteroatoms. The Hall–Kier alpha value is -2.93. The van der Waals surface area contributed by atoms with Crippen LogP contribution in [0, 0.1) is 20.8 Å². The summed E-state index contributed by atoms with van der Waals surface area (Å²) in [5.41, 5.74) is 4.21. The highest BCUT2D eigenvalue weighted by Gasteiger charge is 2.09. The van der Waals surface area contributed by atoms with Gasteiger partial charge in [0.2, 0.25) is 5.88 Å². The Bertz CT molecular complexity index is 1090. The van der Waals surface area contributed by atoms with Crippen LogP contribution in [0.5, 0.6) is 5.88 Å². The standard InChI is InChI=1S/C21H20BrN3O3/c1-13-4-6-17(11-14(13)2)25-21(27)9-8-20(24-25)28-12-19(26)23-18-7-5-16(22)10-15(18)3/h4-11H,12H2,1-3H3,(H,23,26). The van der Waals surface area contributed by atoms with Crippen LogP contribution in [0.2, 0.25) is 0 Å². The summed E-state index contributed by atoms with van der Waals surface area (Å²) in [6.45, 7) is 5.66. The van der Waals surface area contributed by atoms with E-state index in [1.54, 1.807) is 0 Å². The lowest BCUT2D eigenvalue weighted by Gasteiger charge is -2.11. The van der Waals surface area contributed by atoms with E-state index >= 15 is 0 Å². The maximum Gasteiger partial charge on any atom is 0.271 e. The largest absolute Gasteiger partial charge is 0.467 e. The molecule has 0 aliphatic heterocycles. The number of aryl methyl sites for hydroxylation is 3. The molecule has 28 heavy (non-hydrogen) atoms. The van der Waals surface area contributed by atoms with Crippen molar-refractivity contribution in [3.05, 3.63) is 80.0 Å². The summed E-state index contributed by atoms with van der Waals surface area (Å²) in [7, 11) is 0. The van der Waals surface area contributed by atoms with E-state index in [1.165, 1.54) is 16.8 Å². The first-order valence-electron chi connectivity index (χ1n) is 8.70. The molecule has 0 aliphatic rings. The van der Waals surface area contributed by atoms with E-state index in [0.29, 0.717) is 11.4 Å². The van der Waals surface area contributed by atoms with Crippen LogP contribution in [0.1, 0.15) is 16.7 Å². The van der Waals surface area contributed by atoms with Crippen LogP contribution < -0.4 is 15.6 Å². The van der Waals surface area contributed by atoms with Gasteiger partial charge in [0, 0.05) is 22.3 Å². The quantitative estimate of drug-likeness (QED) is 0.650. The summed E-state index contributed by atoms with van der Waals surface area (Å²) in [6, 6.07) is 14.0. The number of nitrogens with zero attached hydrogens (tertiary/aromatic N) is 2. The summed E-state index contributed by atoms with van der Waals surface area (Å²) in [5.74, 6) is -0.114. The molecule has 0 aliphatic carbocycles. The number of aromatic nitrogens is 2. The summed E-state index contributed by atoms with van der Waals surface area (Å²) < 4.78 is 7.69. The normalized spacial score (nSPS) is 10.6. The Morgan fingerprint density at radius 3 is 2.54 bits per heavy atom. The molecule has 6 nitrogen and oxygen atoms in total. The lowest BCUT2D eigenvalue weighted by Crippen LogP contribution is -2.24. The lowest BCUT2D eigenvalue weighted by molar-refractivity contribution is -0.118. The topological polar surface area (TPSA) is 73.2 Å². The van der Waals surface area contributed by atoms with Gasteiger partial charge in [0.1, 0.15) is 0 Å². The van der Waals surface area contributed by atoms with Crippen LogP contribution in [-0.2, 0) is 4.79 Å². The van der Waals surface area contributed by atoms with Gasteiger partial charge in [-0.1, -0.05) is 22.0 Å². The number of hydrogen-bond donors (Lipinski definition) is 1. The number of halogens is 1. The summed E-state index contributed by atoms with van der Waals surface area (Å²) >= 11 is 3.39. The molecule has 3 rings (SSSR count). The fourth-order valence-corrected chi connectivity index (χ4v) is 3.08. The number of nitrogens with one attached hydrogen (secondary N) is 1. The van der Waals surface area contributed by atoms with Gasteiger partial charge in [-0.15, -0.1) is 5.10 Å². The molecule has 0 bridgehead atoms. The summed E-state index contributed by atoms with van der Waals surface area (Å²) in [5, 5.41) is 7.02. The van der Waals surface area contributed by atoms with Gasteiger partial charge in [-0.25, -0.2) is 0 Å². The second kappa shape index (κ2) is 8.39. The van der Waals surface area contributed by atoms with E-state index in [0.717, 1.165) is 21.2 Å². The summed E-state index contributed by atoms with van der Waals surface area (Å²) in [6.07, 6.45) is 0. The molecule has 3 aromatic rings. The van der Waals surface area contributed by atoms with Crippen molar-refractivity contribution < 1.29 is 9.53 Å². The molecule has 0 atom stereocenters. The number of benzene rings is 2. The third-order valence-electron chi connectivity index (χ3n) is 4.32. The van der Waals surface area contributed by atoms with Crippen molar-refractivity contribution in [3.63, 3.8) is 0 Å². The highest BCUT2D eigenvalue weighted by molar-refractivity contribution is 9.10. The van der Waals surface area contributed by atoms with Crippen LogP contribution in [-0.4, -0.2) is 22.3 Å². The van der Waals surface area contributed by atoms with E-state index in [2.05, 4.69) is 26.3 Å². The van der Waals surface area contributed by atoms with E-state index in [9.17, 15) is 9.59 Å². The van der Waals surface area contributed by atoms with Gasteiger partial charge in [-0.2, -0.15) is 4.68 Å². The fraction of sp³-hybridized carbons (Fsp3) is 0.190. The Kier molecular flexibility index (Phi) is 5.94. The smallest absolute Gasteiger partial charge is 0.271 e. The van der Waals surface area contributed by atoms with Crippen molar-refractivity contribution in [2.45, 2.75) is 20.8 Å². The third kappa shape index (κ3) is 4.67. The number of ether oxygens (including phenoxy) is 1. The molecule has 0 fully saturated rings. The van der Waals surface area contributed by atoms with E-state index in [4.69, 9.17) is 4.74 Å². The molecule has 1 heterocycles. The summed E-state index contributed by atoms with van der Waals surface area (Å²) in [4.78, 5) is 24.4. The van der Waals surface area contributed by atoms with Crippen LogP contribution in [0.25, 0.3) is 5.69 Å². The Balaban J connectivity index is 1.71. The average Bonchev–Trinajstić information content (AvgIpc) is 2.66. The van der Waals surface area contributed by atoms with Gasteiger partial charge in [0.05, 0.1) is 5.69 Å². The molecule has 2 aromatic carbocycles. The highest BCUT2D eigenvalue weighted by atomic mass is 79.9. The minimum Gasteiger partial charge on any atom is -0.467 e. The first kappa shape index (κ1) is 19.8. The van der Waals surface area contributed by atoms with Crippen molar-refractivity contribution in [1.29, 1.82) is 0 Å². The molecule has 1 aromatic heterocycles. The second-order valence-electron chi connectivity index (χ2n) is 6.49. The monoisotopic (exact) mass is 441 g/mol. The lowest BCUT2D eigenvalue weighted by atomic mass is 10.1. The zero-order valence-electron chi connectivity index (χ0n) is 15.8. The first-order valence-corrected chi connectivity index (χ1v) is 9.49. The van der Waals surface area contributed by atoms with Gasteiger partial charge in [0.25, 0.3) is 11.5 Å². The zero-order chi connectivity index (χ0) is 20.3. The maximum absolute atomic E-state index is 12.2. The van der Waals surface area contributed by atoms with Crippen molar-refractivity contribution in [2.75, 3.05) is 11.9 Å². The average molecular weight is 442 g/mol. The minimum absolute atomic E-state index is 0.195. The molecule has 0 saturated carbocycles. The van der Waals surface area contributed by atoms with Crippen molar-refractivity contribution in [3.8, 4) is 11.6 Å². The molecule has 144 valence electrons. The molecular weight excluding hydrogens is 422 g/mol. The number of hydrogen-bond acceptors (Lipinski definition) is 4. The highest BCUT2D eigenvalue weighted by Crippen LogP contribution is 2.20. The predicted octanol–water partition coefficient (Wildman–Crippen LogP) is 3.94. The molecule has 0 radical (unpaired) electrons. The Morgan fingerprint density at radius 2 is 1.82 bits per heavy atom. The van der Waals surface area contributed by atoms with Crippen molar-refractivity contribution in [2.24, 2.45) is 0 Å². The minimum atomic E-state index is -0.309.